The number of phenols is 1. The summed E-state index contributed by atoms with van der Waals surface area (Å²) in [4.78, 5) is 4.69. The Hall–Kier alpha value is -1.92. The van der Waals surface area contributed by atoms with Gasteiger partial charge in [0, 0.05) is 29.7 Å². The quantitative estimate of drug-likeness (QED) is 0.870. The minimum atomic E-state index is -0.587. The van der Waals surface area contributed by atoms with Crippen LogP contribution in [0.5, 0.6) is 5.75 Å². The molecule has 0 amide bonds. The minimum Gasteiger partial charge on any atom is -0.507 e. The van der Waals surface area contributed by atoms with Crippen LogP contribution in [0.1, 0.15) is 24.0 Å². The maximum absolute atomic E-state index is 14.4. The monoisotopic (exact) mass is 376 g/mol. The number of halogens is 2. The van der Waals surface area contributed by atoms with E-state index in [0.29, 0.717) is 11.7 Å². The predicted molar refractivity (Wildman–Crippen MR) is 100 cm³/mol. The summed E-state index contributed by atoms with van der Waals surface area (Å²) in [5.74, 6) is 0.104. The van der Waals surface area contributed by atoms with E-state index < -0.39 is 5.82 Å². The van der Waals surface area contributed by atoms with Crippen LogP contribution in [0.4, 0.5) is 10.2 Å². The second-order valence-electron chi connectivity index (χ2n) is 7.26. The summed E-state index contributed by atoms with van der Waals surface area (Å²) in [6, 6.07) is 2.96. The molecular formula is C19H22ClFN4O. The summed E-state index contributed by atoms with van der Waals surface area (Å²) in [6.07, 6.45) is 3.19. The molecule has 4 rings (SSSR count). The maximum Gasteiger partial charge on any atom is 0.155 e. The van der Waals surface area contributed by atoms with Crippen molar-refractivity contribution in [3.63, 3.8) is 0 Å². The van der Waals surface area contributed by atoms with Gasteiger partial charge in [0.05, 0.1) is 5.56 Å². The molecule has 7 heteroatoms. The standard InChI is InChI=1S/C19H22ClFN4O/c1-11-14-5-7-25(13-4-3-6-24(2)10-13)19(14)23-22-18(11)17-15(21)8-12(20)9-16(17)26/h8-9,13,26H,3-7,10H2,1-2H3/t13-/m1/s1. The topological polar surface area (TPSA) is 52.5 Å². The summed E-state index contributed by atoms with van der Waals surface area (Å²) in [7, 11) is 2.15. The normalized spacial score (nSPS) is 20.5. The Kier molecular flexibility index (Phi) is 4.49. The van der Waals surface area contributed by atoms with Crippen molar-refractivity contribution < 1.29 is 9.50 Å². The van der Waals surface area contributed by atoms with Gasteiger partial charge in [-0.1, -0.05) is 11.6 Å². The van der Waals surface area contributed by atoms with E-state index in [4.69, 9.17) is 11.6 Å². The molecule has 3 heterocycles. The first-order valence-corrected chi connectivity index (χ1v) is 9.33. The molecule has 0 unspecified atom stereocenters. The van der Waals surface area contributed by atoms with E-state index in [1.165, 1.54) is 18.6 Å². The average molecular weight is 377 g/mol. The van der Waals surface area contributed by atoms with Gasteiger partial charge in [-0.05, 0) is 57.5 Å². The molecule has 0 radical (unpaired) electrons. The highest BCUT2D eigenvalue weighted by atomic mass is 35.5. The van der Waals surface area contributed by atoms with Crippen molar-refractivity contribution in [2.24, 2.45) is 0 Å². The van der Waals surface area contributed by atoms with Gasteiger partial charge in [0.2, 0.25) is 0 Å². The lowest BCUT2D eigenvalue weighted by atomic mass is 10.0. The van der Waals surface area contributed by atoms with Crippen LogP contribution in [0.15, 0.2) is 12.1 Å². The van der Waals surface area contributed by atoms with Gasteiger partial charge in [-0.2, -0.15) is 0 Å². The van der Waals surface area contributed by atoms with Gasteiger partial charge < -0.3 is 14.9 Å². The molecular weight excluding hydrogens is 355 g/mol. The molecule has 1 saturated heterocycles. The van der Waals surface area contributed by atoms with Crippen LogP contribution in [-0.2, 0) is 6.42 Å². The fourth-order valence-electron chi connectivity index (χ4n) is 4.19. The lowest BCUT2D eigenvalue weighted by Crippen LogP contribution is -2.46. The van der Waals surface area contributed by atoms with Crippen molar-refractivity contribution in [2.75, 3.05) is 31.6 Å². The van der Waals surface area contributed by atoms with Gasteiger partial charge in [-0.3, -0.25) is 0 Å². The van der Waals surface area contributed by atoms with Crippen LogP contribution in [-0.4, -0.2) is 52.9 Å². The molecule has 0 bridgehead atoms. The third-order valence-corrected chi connectivity index (χ3v) is 5.73. The Balaban J connectivity index is 1.73. The number of aromatic hydroxyl groups is 1. The maximum atomic E-state index is 14.4. The number of anilines is 1. The van der Waals surface area contributed by atoms with E-state index in [2.05, 4.69) is 27.0 Å². The van der Waals surface area contributed by atoms with Crippen molar-refractivity contribution in [3.05, 3.63) is 34.1 Å². The van der Waals surface area contributed by atoms with Crippen LogP contribution < -0.4 is 4.90 Å². The summed E-state index contributed by atoms with van der Waals surface area (Å²) in [5, 5.41) is 19.0. The fraction of sp³-hybridized carbons (Fsp3) is 0.474. The average Bonchev–Trinajstić information content (AvgIpc) is 3.01. The number of phenolic OH excluding ortho intramolecular Hbond substituents is 1. The second-order valence-corrected chi connectivity index (χ2v) is 7.70. The molecule has 26 heavy (non-hydrogen) atoms. The molecule has 5 nitrogen and oxygen atoms in total. The van der Waals surface area contributed by atoms with E-state index in [1.54, 1.807) is 0 Å². The van der Waals surface area contributed by atoms with Gasteiger partial charge >= 0.3 is 0 Å². The zero-order chi connectivity index (χ0) is 18.4. The highest BCUT2D eigenvalue weighted by Crippen LogP contribution is 2.39. The van der Waals surface area contributed by atoms with Crippen molar-refractivity contribution in [1.82, 2.24) is 15.1 Å². The van der Waals surface area contributed by atoms with E-state index in [-0.39, 0.29) is 16.3 Å². The Morgan fingerprint density at radius 1 is 1.27 bits per heavy atom. The lowest BCUT2D eigenvalue weighted by molar-refractivity contribution is 0.245. The van der Waals surface area contributed by atoms with Crippen molar-refractivity contribution in [2.45, 2.75) is 32.2 Å². The molecule has 0 aliphatic carbocycles. The smallest absolute Gasteiger partial charge is 0.155 e. The molecule has 0 spiro atoms. The third-order valence-electron chi connectivity index (χ3n) is 5.51. The number of hydrogen-bond donors (Lipinski definition) is 1. The summed E-state index contributed by atoms with van der Waals surface area (Å²) in [5.41, 5.74) is 2.42. The van der Waals surface area contributed by atoms with Gasteiger partial charge in [-0.15, -0.1) is 10.2 Å². The fourth-order valence-corrected chi connectivity index (χ4v) is 4.39. The van der Waals surface area contributed by atoms with E-state index in [1.807, 2.05) is 6.92 Å². The number of rotatable bonds is 2. The number of fused-ring (bicyclic) bond motifs is 1. The predicted octanol–water partition coefficient (Wildman–Crippen LogP) is 3.41. The highest BCUT2D eigenvalue weighted by molar-refractivity contribution is 6.30. The first kappa shape index (κ1) is 17.5. The Bertz CT molecular complexity index is 837. The Morgan fingerprint density at radius 2 is 2.08 bits per heavy atom. The van der Waals surface area contributed by atoms with Gasteiger partial charge in [0.15, 0.2) is 5.82 Å². The summed E-state index contributed by atoms with van der Waals surface area (Å²) >= 11 is 5.81. The van der Waals surface area contributed by atoms with Crippen molar-refractivity contribution in [3.8, 4) is 17.0 Å². The molecule has 138 valence electrons. The van der Waals surface area contributed by atoms with E-state index in [9.17, 15) is 9.50 Å². The van der Waals surface area contributed by atoms with Crippen LogP contribution in [0.2, 0.25) is 5.02 Å². The van der Waals surface area contributed by atoms with Crippen LogP contribution in [0.25, 0.3) is 11.3 Å². The van der Waals surface area contributed by atoms with Gasteiger partial charge in [0.25, 0.3) is 0 Å². The van der Waals surface area contributed by atoms with Crippen LogP contribution >= 0.6 is 11.6 Å². The molecule has 1 N–H and O–H groups in total. The summed E-state index contributed by atoms with van der Waals surface area (Å²) in [6.45, 7) is 4.99. The largest absolute Gasteiger partial charge is 0.507 e. The minimum absolute atomic E-state index is 0.0676. The second kappa shape index (κ2) is 6.67. The lowest BCUT2D eigenvalue weighted by Gasteiger charge is -2.36. The number of hydrogen-bond acceptors (Lipinski definition) is 5. The SMILES string of the molecule is Cc1c(-c2c(O)cc(Cl)cc2F)nnc2c1CCN2[C@@H]1CCCN(C)C1. The zero-order valence-corrected chi connectivity index (χ0v) is 15.7. The molecule has 1 atom stereocenters. The molecule has 1 aromatic carbocycles. The highest BCUT2D eigenvalue weighted by Gasteiger charge is 2.32. The molecule has 2 aliphatic heterocycles. The number of aromatic nitrogens is 2. The molecule has 1 fully saturated rings. The zero-order valence-electron chi connectivity index (χ0n) is 15.0. The number of likely N-dealkylation sites (tertiary alicyclic amines) is 1. The van der Waals surface area contributed by atoms with E-state index >= 15 is 0 Å². The summed E-state index contributed by atoms with van der Waals surface area (Å²) < 4.78 is 14.4. The molecule has 2 aliphatic rings. The Labute approximate surface area is 157 Å². The Morgan fingerprint density at radius 3 is 2.81 bits per heavy atom. The van der Waals surface area contributed by atoms with E-state index in [0.717, 1.165) is 49.4 Å². The third kappa shape index (κ3) is 2.91. The number of likely N-dealkylation sites (N-methyl/N-ethyl adjacent to an activating group) is 1. The van der Waals surface area contributed by atoms with Gasteiger partial charge in [0.1, 0.15) is 17.3 Å². The van der Waals surface area contributed by atoms with Crippen LogP contribution in [0.3, 0.4) is 0 Å². The first-order chi connectivity index (χ1) is 12.5. The first-order valence-electron chi connectivity index (χ1n) is 8.95. The molecule has 1 aromatic heterocycles. The molecule has 2 aromatic rings. The van der Waals surface area contributed by atoms with Crippen molar-refractivity contribution >= 4 is 17.4 Å². The number of piperidine rings is 1. The number of nitrogens with zero attached hydrogens (tertiary/aromatic N) is 4. The number of benzene rings is 1. The van der Waals surface area contributed by atoms with Gasteiger partial charge in [-0.25, -0.2) is 4.39 Å². The molecule has 0 saturated carbocycles. The van der Waals surface area contributed by atoms with Crippen molar-refractivity contribution in [1.29, 1.82) is 0 Å². The van der Waals surface area contributed by atoms with Crippen LogP contribution in [0, 0.1) is 12.7 Å².